The highest BCUT2D eigenvalue weighted by Gasteiger charge is 2.32. The molecule has 140 valence electrons. The van der Waals surface area contributed by atoms with Gasteiger partial charge in [0.1, 0.15) is 11.2 Å². The molecule has 3 rings (SSSR count). The monoisotopic (exact) mass is 405 g/mol. The molecule has 3 heterocycles. The predicted octanol–water partition coefficient (Wildman–Crippen LogP) is 2.71. The molecule has 0 radical (unpaired) electrons. The van der Waals surface area contributed by atoms with Crippen LogP contribution in [0.4, 0.5) is 18.3 Å². The van der Waals surface area contributed by atoms with Gasteiger partial charge in [0.15, 0.2) is 5.13 Å². The summed E-state index contributed by atoms with van der Waals surface area (Å²) in [4.78, 5) is 9.37. The summed E-state index contributed by atoms with van der Waals surface area (Å²) in [6.45, 7) is 1.49. The number of aliphatic hydroxyl groups excluding tert-OH is 2. The van der Waals surface area contributed by atoms with Crippen molar-refractivity contribution >= 4 is 27.8 Å². The van der Waals surface area contributed by atoms with Gasteiger partial charge < -0.3 is 15.5 Å². The molecule has 7 nitrogen and oxygen atoms in total. The molecule has 1 atom stereocenters. The Bertz CT molecular complexity index is 889. The van der Waals surface area contributed by atoms with E-state index in [1.54, 1.807) is 5.38 Å². The number of thiazole rings is 2. The van der Waals surface area contributed by atoms with Gasteiger partial charge in [-0.2, -0.15) is 18.3 Å². The van der Waals surface area contributed by atoms with Gasteiger partial charge in [0.2, 0.25) is 0 Å². The Labute approximate surface area is 153 Å². The second-order valence-electron chi connectivity index (χ2n) is 5.33. The Kier molecular flexibility index (Phi) is 5.27. The smallest absolute Gasteiger partial charge is 0.389 e. The summed E-state index contributed by atoms with van der Waals surface area (Å²) in [5.74, 6) is 0. The van der Waals surface area contributed by atoms with Crippen LogP contribution in [0, 0.1) is 6.92 Å². The molecule has 0 aliphatic rings. The summed E-state index contributed by atoms with van der Waals surface area (Å²) in [6, 6.07) is 0. The van der Waals surface area contributed by atoms with Gasteiger partial charge in [-0.25, -0.2) is 9.97 Å². The average Bonchev–Trinajstić information content (AvgIpc) is 3.26. The molecule has 0 saturated heterocycles. The number of aryl methyl sites for hydroxylation is 1. The molecule has 0 saturated carbocycles. The van der Waals surface area contributed by atoms with Crippen molar-refractivity contribution in [2.45, 2.75) is 32.5 Å². The minimum atomic E-state index is -4.47. The van der Waals surface area contributed by atoms with Gasteiger partial charge >= 0.3 is 6.18 Å². The van der Waals surface area contributed by atoms with E-state index < -0.39 is 18.0 Å². The van der Waals surface area contributed by atoms with E-state index in [0.717, 1.165) is 21.4 Å². The number of rotatable bonds is 6. The molecule has 0 aromatic carbocycles. The molecule has 0 spiro atoms. The topological polar surface area (TPSA) is 96.1 Å². The number of alkyl halides is 3. The number of nitrogens with one attached hydrogen (secondary N) is 1. The Morgan fingerprint density at radius 2 is 2.12 bits per heavy atom. The van der Waals surface area contributed by atoms with E-state index in [4.69, 9.17) is 5.11 Å². The third-order valence-corrected chi connectivity index (χ3v) is 5.26. The summed E-state index contributed by atoms with van der Waals surface area (Å²) in [7, 11) is 0. The first kappa shape index (κ1) is 18.8. The maximum Gasteiger partial charge on any atom is 0.419 e. The zero-order valence-electron chi connectivity index (χ0n) is 13.4. The zero-order valence-corrected chi connectivity index (χ0v) is 15.0. The van der Waals surface area contributed by atoms with Crippen LogP contribution in [0.15, 0.2) is 17.8 Å². The fraction of sp³-hybridized carbons (Fsp3) is 0.357. The molecule has 0 aliphatic heterocycles. The Morgan fingerprint density at radius 3 is 2.73 bits per heavy atom. The number of aliphatic hydroxyl groups is 2. The van der Waals surface area contributed by atoms with Crippen LogP contribution >= 0.6 is 22.7 Å². The molecule has 0 aliphatic carbocycles. The number of aromatic nitrogens is 4. The predicted molar refractivity (Wildman–Crippen MR) is 90.7 cm³/mol. The van der Waals surface area contributed by atoms with Gasteiger partial charge in [-0.05, 0) is 6.92 Å². The molecule has 26 heavy (non-hydrogen) atoms. The minimum absolute atomic E-state index is 0.150. The number of hydrogen-bond donors (Lipinski definition) is 3. The third kappa shape index (κ3) is 4.20. The van der Waals surface area contributed by atoms with E-state index >= 15 is 0 Å². The molecule has 1 unspecified atom stereocenters. The summed E-state index contributed by atoms with van der Waals surface area (Å²) in [6.07, 6.45) is -4.10. The van der Waals surface area contributed by atoms with Crippen molar-refractivity contribution in [3.8, 4) is 10.6 Å². The van der Waals surface area contributed by atoms with E-state index in [-0.39, 0.29) is 13.2 Å². The number of nitrogens with zero attached hydrogens (tertiary/aromatic N) is 4. The zero-order chi connectivity index (χ0) is 18.9. The van der Waals surface area contributed by atoms with Crippen LogP contribution in [0.2, 0.25) is 0 Å². The van der Waals surface area contributed by atoms with E-state index in [1.165, 1.54) is 22.7 Å². The molecule has 0 amide bonds. The lowest BCUT2D eigenvalue weighted by Gasteiger charge is -2.11. The summed E-state index contributed by atoms with van der Waals surface area (Å²) in [5.41, 5.74) is 0.520. The quantitative estimate of drug-likeness (QED) is 0.546. The van der Waals surface area contributed by atoms with Gasteiger partial charge in [-0.15, -0.1) is 22.7 Å². The summed E-state index contributed by atoms with van der Waals surface area (Å²) in [5, 5.41) is 28.2. The first-order chi connectivity index (χ1) is 12.3. The first-order valence-corrected chi connectivity index (χ1v) is 9.03. The Balaban J connectivity index is 1.65. The molecule has 3 aromatic rings. The van der Waals surface area contributed by atoms with E-state index in [9.17, 15) is 18.3 Å². The van der Waals surface area contributed by atoms with Crippen molar-refractivity contribution in [2.24, 2.45) is 0 Å². The molecule has 0 fully saturated rings. The van der Waals surface area contributed by atoms with Crippen molar-refractivity contribution in [3.63, 3.8) is 0 Å². The van der Waals surface area contributed by atoms with Crippen LogP contribution in [-0.4, -0.2) is 36.2 Å². The van der Waals surface area contributed by atoms with Crippen LogP contribution < -0.4 is 5.32 Å². The van der Waals surface area contributed by atoms with E-state index in [2.05, 4.69) is 20.4 Å². The summed E-state index contributed by atoms with van der Waals surface area (Å²) < 4.78 is 38.7. The van der Waals surface area contributed by atoms with Crippen molar-refractivity contribution in [2.75, 3.05) is 5.32 Å². The number of halogens is 3. The van der Waals surface area contributed by atoms with Gasteiger partial charge in [-0.1, -0.05) is 0 Å². The molecular weight excluding hydrogens is 391 g/mol. The van der Waals surface area contributed by atoms with Crippen molar-refractivity contribution in [1.29, 1.82) is 0 Å². The maximum atomic E-state index is 12.5. The highest BCUT2D eigenvalue weighted by atomic mass is 32.1. The second-order valence-corrected chi connectivity index (χ2v) is 7.27. The van der Waals surface area contributed by atoms with E-state index in [0.29, 0.717) is 22.0 Å². The van der Waals surface area contributed by atoms with Crippen molar-refractivity contribution in [1.82, 2.24) is 19.7 Å². The van der Waals surface area contributed by atoms with Crippen LogP contribution in [0.5, 0.6) is 0 Å². The van der Waals surface area contributed by atoms with Gasteiger partial charge in [0, 0.05) is 11.6 Å². The lowest BCUT2D eigenvalue weighted by atomic mass is 10.3. The normalized spacial score (nSPS) is 13.2. The van der Waals surface area contributed by atoms with Crippen LogP contribution in [0.25, 0.3) is 10.6 Å². The lowest BCUT2D eigenvalue weighted by Crippen LogP contribution is -2.25. The van der Waals surface area contributed by atoms with Gasteiger partial charge in [0.25, 0.3) is 0 Å². The second kappa shape index (κ2) is 7.31. The fourth-order valence-corrected chi connectivity index (χ4v) is 3.89. The Hall–Kier alpha value is -2.02. The van der Waals surface area contributed by atoms with Crippen LogP contribution in [0.1, 0.15) is 16.3 Å². The lowest BCUT2D eigenvalue weighted by molar-refractivity contribution is -0.137. The minimum Gasteiger partial charge on any atom is -0.389 e. The van der Waals surface area contributed by atoms with Crippen molar-refractivity contribution < 1.29 is 23.4 Å². The molecule has 0 bridgehead atoms. The Morgan fingerprint density at radius 1 is 1.35 bits per heavy atom. The third-order valence-electron chi connectivity index (χ3n) is 3.32. The van der Waals surface area contributed by atoms with Gasteiger partial charge in [-0.3, -0.25) is 4.68 Å². The molecule has 12 heteroatoms. The molecular formula is C14H14F3N5O2S2. The van der Waals surface area contributed by atoms with Gasteiger partial charge in [0.05, 0.1) is 41.2 Å². The molecule has 3 aromatic heterocycles. The fourth-order valence-electron chi connectivity index (χ4n) is 2.18. The maximum absolute atomic E-state index is 12.5. The van der Waals surface area contributed by atoms with E-state index in [1.807, 2.05) is 6.92 Å². The highest BCUT2D eigenvalue weighted by Crippen LogP contribution is 2.32. The number of anilines is 1. The largest absolute Gasteiger partial charge is 0.419 e. The van der Waals surface area contributed by atoms with Crippen LogP contribution in [0.3, 0.4) is 0 Å². The van der Waals surface area contributed by atoms with Crippen molar-refractivity contribution in [3.05, 3.63) is 34.0 Å². The standard InChI is InChI=1S/C14H14F3N5O2S2/c1-7-12(26-11(5-23)19-7)9-6-25-13(20-9)21-10(24)4-22-3-8(2-18-22)14(15,16)17/h2-3,6,10,23-24H,4-5H2,1H3,(H,20,21). The molecule has 3 N–H and O–H groups in total. The first-order valence-electron chi connectivity index (χ1n) is 7.33. The highest BCUT2D eigenvalue weighted by molar-refractivity contribution is 7.16. The average molecular weight is 405 g/mol. The summed E-state index contributed by atoms with van der Waals surface area (Å²) >= 11 is 2.57. The number of hydrogen-bond acceptors (Lipinski definition) is 8. The SMILES string of the molecule is Cc1nc(CO)sc1-c1csc(NC(O)Cn2cc(C(F)(F)F)cn2)n1. The van der Waals surface area contributed by atoms with Crippen LogP contribution in [-0.2, 0) is 19.3 Å².